The predicted octanol–water partition coefficient (Wildman–Crippen LogP) is 3.44. The molecule has 0 radical (unpaired) electrons. The number of rotatable bonds is 4. The minimum absolute atomic E-state index is 0.00327. The summed E-state index contributed by atoms with van der Waals surface area (Å²) in [5.41, 5.74) is 3.61. The van der Waals surface area contributed by atoms with Gasteiger partial charge in [0, 0.05) is 17.6 Å². The topological polar surface area (TPSA) is 82.6 Å². The summed E-state index contributed by atoms with van der Waals surface area (Å²) >= 11 is 0. The number of aryl methyl sites for hydroxylation is 2. The van der Waals surface area contributed by atoms with E-state index >= 15 is 0 Å². The maximum absolute atomic E-state index is 13.1. The van der Waals surface area contributed by atoms with Crippen LogP contribution in [0.15, 0.2) is 71.8 Å². The van der Waals surface area contributed by atoms with Gasteiger partial charge in [-0.2, -0.15) is 4.31 Å². The van der Waals surface area contributed by atoms with Crippen LogP contribution in [0.25, 0.3) is 0 Å². The predicted molar refractivity (Wildman–Crippen MR) is 116 cm³/mol. The van der Waals surface area contributed by atoms with Gasteiger partial charge in [0.2, 0.25) is 15.9 Å². The highest BCUT2D eigenvalue weighted by atomic mass is 32.2. The molecule has 0 atom stereocenters. The first-order valence-electron chi connectivity index (χ1n) is 9.51. The molecule has 3 aromatic rings. The summed E-state index contributed by atoms with van der Waals surface area (Å²) in [6.45, 7) is 3.65. The van der Waals surface area contributed by atoms with E-state index in [-0.39, 0.29) is 18.1 Å². The largest absolute Gasteiger partial charge is 0.325 e. The molecule has 1 aliphatic rings. The van der Waals surface area contributed by atoms with E-state index in [0.717, 1.165) is 16.8 Å². The highest BCUT2D eigenvalue weighted by Gasteiger charge is 2.37. The molecule has 1 amide bonds. The number of sulfonamides is 1. The third kappa shape index (κ3) is 3.79. The van der Waals surface area contributed by atoms with Crippen LogP contribution >= 0.6 is 0 Å². The molecule has 0 spiro atoms. The van der Waals surface area contributed by atoms with Gasteiger partial charge in [-0.15, -0.1) is 0 Å². The van der Waals surface area contributed by atoms with Gasteiger partial charge in [0.25, 0.3) is 0 Å². The van der Waals surface area contributed by atoms with E-state index in [2.05, 4.69) is 10.3 Å². The van der Waals surface area contributed by atoms with Crippen molar-refractivity contribution in [2.24, 2.45) is 0 Å². The highest BCUT2D eigenvalue weighted by molar-refractivity contribution is 7.89. The van der Waals surface area contributed by atoms with Crippen LogP contribution in [0.5, 0.6) is 0 Å². The molecule has 4 rings (SSSR count). The zero-order valence-electron chi connectivity index (χ0n) is 16.7. The number of nitrogens with one attached hydrogen (secondary N) is 1. The lowest BCUT2D eigenvalue weighted by molar-refractivity contribution is -0.116. The Morgan fingerprint density at radius 1 is 1.03 bits per heavy atom. The summed E-state index contributed by atoms with van der Waals surface area (Å²) in [4.78, 5) is 18.8. The maximum atomic E-state index is 13.1. The molecule has 2 heterocycles. The molecule has 7 nitrogen and oxygen atoms in total. The number of benzene rings is 2. The molecule has 30 heavy (non-hydrogen) atoms. The van der Waals surface area contributed by atoms with Crippen molar-refractivity contribution in [3.05, 3.63) is 78.0 Å². The number of para-hydroxylation sites is 1. The van der Waals surface area contributed by atoms with Gasteiger partial charge in [0.1, 0.15) is 4.90 Å². The Hall–Kier alpha value is -3.23. The highest BCUT2D eigenvalue weighted by Crippen LogP contribution is 2.35. The third-order valence-corrected chi connectivity index (χ3v) is 6.90. The molecule has 0 saturated heterocycles. The minimum Gasteiger partial charge on any atom is -0.325 e. The Morgan fingerprint density at radius 3 is 2.53 bits per heavy atom. The van der Waals surface area contributed by atoms with Crippen LogP contribution in [-0.4, -0.2) is 36.8 Å². The average molecular weight is 423 g/mol. The first kappa shape index (κ1) is 20.1. The molecule has 0 saturated carbocycles. The number of hydrogen-bond donors (Lipinski definition) is 1. The van der Waals surface area contributed by atoms with Gasteiger partial charge in [-0.25, -0.2) is 13.4 Å². The number of aromatic nitrogens is 1. The van der Waals surface area contributed by atoms with Crippen LogP contribution in [0.4, 0.5) is 17.2 Å². The molecular formula is C22H22N4O3S. The molecule has 1 aliphatic heterocycles. The van der Waals surface area contributed by atoms with E-state index in [1.807, 2.05) is 56.3 Å². The lowest BCUT2D eigenvalue weighted by atomic mass is 10.1. The molecule has 1 aromatic heterocycles. The molecule has 1 N–H and O–H groups in total. The normalized spacial score (nSPS) is 15.5. The van der Waals surface area contributed by atoms with Gasteiger partial charge in [-0.1, -0.05) is 24.3 Å². The Kier molecular flexibility index (Phi) is 5.27. The van der Waals surface area contributed by atoms with Gasteiger partial charge in [-0.3, -0.25) is 4.79 Å². The lowest BCUT2D eigenvalue weighted by Crippen LogP contribution is -2.47. The number of amides is 1. The summed E-state index contributed by atoms with van der Waals surface area (Å²) < 4.78 is 27.5. The van der Waals surface area contributed by atoms with E-state index in [1.165, 1.54) is 10.4 Å². The smallest absolute Gasteiger partial charge is 0.248 e. The van der Waals surface area contributed by atoms with E-state index in [1.54, 1.807) is 23.2 Å². The molecule has 0 unspecified atom stereocenters. The number of carbonyl (C=O) groups excluding carboxylic acids is 1. The first-order valence-corrected chi connectivity index (χ1v) is 10.9. The van der Waals surface area contributed by atoms with Crippen LogP contribution in [0, 0.1) is 13.8 Å². The Morgan fingerprint density at radius 2 is 1.80 bits per heavy atom. The summed E-state index contributed by atoms with van der Waals surface area (Å²) in [6, 6.07) is 18.1. The fourth-order valence-electron chi connectivity index (χ4n) is 3.35. The fourth-order valence-corrected chi connectivity index (χ4v) is 4.83. The molecule has 0 bridgehead atoms. The van der Waals surface area contributed by atoms with E-state index < -0.39 is 15.9 Å². The second kappa shape index (κ2) is 7.89. The minimum atomic E-state index is -3.86. The standard InChI is InChI=1S/C22H22N4O3S/c1-16-10-11-18(13-17(16)2)24-21(27)14-25-15-26(19-7-4-3-5-8-19)22-20(30(25,28)29)9-6-12-23-22/h3-13H,14-15H2,1-2H3,(H,24,27). The van der Waals surface area contributed by atoms with Crippen molar-refractivity contribution in [1.29, 1.82) is 0 Å². The molecular weight excluding hydrogens is 400 g/mol. The zero-order valence-corrected chi connectivity index (χ0v) is 17.6. The number of anilines is 3. The fraction of sp³-hybridized carbons (Fsp3) is 0.182. The number of nitrogens with zero attached hydrogens (tertiary/aromatic N) is 3. The van der Waals surface area contributed by atoms with Gasteiger partial charge < -0.3 is 10.2 Å². The second-order valence-electron chi connectivity index (χ2n) is 7.19. The number of carbonyl (C=O) groups is 1. The first-order chi connectivity index (χ1) is 14.4. The molecule has 8 heteroatoms. The second-order valence-corrected chi connectivity index (χ2v) is 9.10. The summed E-state index contributed by atoms with van der Waals surface area (Å²) in [5, 5.41) is 2.79. The van der Waals surface area contributed by atoms with Crippen LogP contribution in [0.3, 0.4) is 0 Å². The Labute approximate surface area is 176 Å². The van der Waals surface area contributed by atoms with Crippen molar-refractivity contribution in [1.82, 2.24) is 9.29 Å². The van der Waals surface area contributed by atoms with Gasteiger partial charge in [-0.05, 0) is 61.4 Å². The van der Waals surface area contributed by atoms with Crippen molar-refractivity contribution in [2.75, 3.05) is 23.4 Å². The van der Waals surface area contributed by atoms with E-state index in [9.17, 15) is 13.2 Å². The Bertz CT molecular complexity index is 1200. The van der Waals surface area contributed by atoms with Crippen molar-refractivity contribution < 1.29 is 13.2 Å². The van der Waals surface area contributed by atoms with E-state index in [4.69, 9.17) is 0 Å². The van der Waals surface area contributed by atoms with Crippen LogP contribution in [0.1, 0.15) is 11.1 Å². The molecule has 2 aromatic carbocycles. The third-order valence-electron chi connectivity index (χ3n) is 5.10. The van der Waals surface area contributed by atoms with Crippen LogP contribution in [0.2, 0.25) is 0 Å². The van der Waals surface area contributed by atoms with Crippen LogP contribution in [-0.2, 0) is 14.8 Å². The molecule has 0 fully saturated rings. The van der Waals surface area contributed by atoms with Gasteiger partial charge >= 0.3 is 0 Å². The zero-order chi connectivity index (χ0) is 21.3. The monoisotopic (exact) mass is 422 g/mol. The summed E-state index contributed by atoms with van der Waals surface area (Å²) in [6.07, 6.45) is 1.56. The van der Waals surface area contributed by atoms with E-state index in [0.29, 0.717) is 11.5 Å². The lowest BCUT2D eigenvalue weighted by Gasteiger charge is -2.36. The maximum Gasteiger partial charge on any atom is 0.248 e. The van der Waals surface area contributed by atoms with Gasteiger partial charge in [0.05, 0.1) is 13.2 Å². The molecule has 154 valence electrons. The molecule has 0 aliphatic carbocycles. The Balaban J connectivity index is 1.63. The number of hydrogen-bond acceptors (Lipinski definition) is 5. The summed E-state index contributed by atoms with van der Waals surface area (Å²) in [7, 11) is -3.86. The number of pyridine rings is 1. The van der Waals surface area contributed by atoms with Crippen molar-refractivity contribution in [2.45, 2.75) is 18.7 Å². The van der Waals surface area contributed by atoms with Crippen LogP contribution < -0.4 is 10.2 Å². The average Bonchev–Trinajstić information content (AvgIpc) is 2.73. The van der Waals surface area contributed by atoms with Crippen molar-refractivity contribution >= 4 is 33.1 Å². The number of fused-ring (bicyclic) bond motifs is 1. The summed E-state index contributed by atoms with van der Waals surface area (Å²) in [5.74, 6) is -0.0447. The SMILES string of the molecule is Cc1ccc(NC(=O)CN2CN(c3ccccc3)c3ncccc3S2(=O)=O)cc1C. The van der Waals surface area contributed by atoms with Crippen molar-refractivity contribution in [3.8, 4) is 0 Å². The van der Waals surface area contributed by atoms with Crippen molar-refractivity contribution in [3.63, 3.8) is 0 Å². The van der Waals surface area contributed by atoms with Gasteiger partial charge in [0.15, 0.2) is 5.82 Å². The quantitative estimate of drug-likeness (QED) is 0.697.